The molecule has 1 fully saturated rings. The fraction of sp³-hybridized carbons (Fsp3) is 0.424. The molecule has 2 atom stereocenters. The largest absolute Gasteiger partial charge is 0.465 e. The van der Waals surface area contributed by atoms with Gasteiger partial charge in [-0.15, -0.1) is 0 Å². The smallest absolute Gasteiger partial charge is 0.337 e. The van der Waals surface area contributed by atoms with Crippen LogP contribution in [0.25, 0.3) is 0 Å². The zero-order chi connectivity index (χ0) is 26.5. The van der Waals surface area contributed by atoms with Crippen LogP contribution < -0.4 is 4.90 Å². The Hall–Kier alpha value is -3.15. The molecule has 2 aliphatic rings. The number of carbonyl (C=O) groups excluding carboxylic acids is 1. The third-order valence-corrected chi connectivity index (χ3v) is 8.50. The molecule has 1 heterocycles. The number of ether oxygens (including phenoxy) is 3. The van der Waals surface area contributed by atoms with Crippen molar-refractivity contribution >= 4 is 11.7 Å². The molecule has 0 bridgehead atoms. The van der Waals surface area contributed by atoms with E-state index in [0.29, 0.717) is 17.4 Å². The van der Waals surface area contributed by atoms with Crippen LogP contribution in [0.3, 0.4) is 0 Å². The summed E-state index contributed by atoms with van der Waals surface area (Å²) in [5.41, 5.74) is 7.18. The lowest BCUT2D eigenvalue weighted by molar-refractivity contribution is -0.141. The molecule has 0 amide bonds. The summed E-state index contributed by atoms with van der Waals surface area (Å²) < 4.78 is 16.0. The lowest BCUT2D eigenvalue weighted by atomic mass is 9.75. The molecule has 0 N–H and O–H groups in total. The lowest BCUT2D eigenvalue weighted by Crippen LogP contribution is -2.39. The monoisotopic (exact) mass is 513 g/mol. The van der Waals surface area contributed by atoms with Crippen molar-refractivity contribution in [3.8, 4) is 0 Å². The van der Waals surface area contributed by atoms with Gasteiger partial charge in [0.2, 0.25) is 0 Å². The van der Waals surface area contributed by atoms with E-state index in [0.717, 1.165) is 45.2 Å². The first kappa shape index (κ1) is 26.5. The van der Waals surface area contributed by atoms with E-state index in [4.69, 9.17) is 14.2 Å². The molecule has 5 heteroatoms. The quantitative estimate of drug-likeness (QED) is 0.203. The SMILES string of the molecule is COC(=O)c1ccc2c(c1)CCC[C@@H](c1ccccc1)[C@H]2c1ccc(N2CCC(C(OC)OC)CC2)cc1. The van der Waals surface area contributed by atoms with Crippen molar-refractivity contribution in [2.75, 3.05) is 39.3 Å². The van der Waals surface area contributed by atoms with Gasteiger partial charge in [-0.05, 0) is 84.5 Å². The fourth-order valence-corrected chi connectivity index (χ4v) is 6.54. The van der Waals surface area contributed by atoms with E-state index in [-0.39, 0.29) is 18.2 Å². The molecular formula is C33H39NO4. The molecule has 38 heavy (non-hydrogen) atoms. The van der Waals surface area contributed by atoms with Crippen LogP contribution >= 0.6 is 0 Å². The summed E-state index contributed by atoms with van der Waals surface area (Å²) in [6.07, 6.45) is 5.16. The molecule has 0 radical (unpaired) electrons. The van der Waals surface area contributed by atoms with Gasteiger partial charge in [0.1, 0.15) is 0 Å². The first-order valence-electron chi connectivity index (χ1n) is 13.8. The highest BCUT2D eigenvalue weighted by atomic mass is 16.7. The molecule has 0 spiro atoms. The van der Waals surface area contributed by atoms with Gasteiger partial charge < -0.3 is 19.1 Å². The zero-order valence-electron chi connectivity index (χ0n) is 22.8. The van der Waals surface area contributed by atoms with Crippen LogP contribution in [0, 0.1) is 5.92 Å². The summed E-state index contributed by atoms with van der Waals surface area (Å²) in [5, 5.41) is 0. The molecule has 3 aromatic carbocycles. The Kier molecular flexibility index (Phi) is 8.45. The third kappa shape index (κ3) is 5.50. The minimum Gasteiger partial charge on any atom is -0.465 e. The second-order valence-electron chi connectivity index (χ2n) is 10.5. The topological polar surface area (TPSA) is 48.0 Å². The zero-order valence-corrected chi connectivity index (χ0v) is 22.8. The van der Waals surface area contributed by atoms with Gasteiger partial charge in [0, 0.05) is 44.8 Å². The van der Waals surface area contributed by atoms with E-state index >= 15 is 0 Å². The van der Waals surface area contributed by atoms with E-state index in [9.17, 15) is 4.79 Å². The van der Waals surface area contributed by atoms with Crippen LogP contribution in [-0.4, -0.2) is 46.7 Å². The average molecular weight is 514 g/mol. The number of rotatable bonds is 7. The van der Waals surface area contributed by atoms with Crippen molar-refractivity contribution in [3.05, 3.63) is 101 Å². The number of piperidine rings is 1. The summed E-state index contributed by atoms with van der Waals surface area (Å²) in [4.78, 5) is 14.7. The maximum absolute atomic E-state index is 12.3. The van der Waals surface area contributed by atoms with Crippen molar-refractivity contribution in [3.63, 3.8) is 0 Å². The van der Waals surface area contributed by atoms with Crippen LogP contribution in [0.4, 0.5) is 5.69 Å². The first-order valence-corrected chi connectivity index (χ1v) is 13.8. The number of anilines is 1. The minimum absolute atomic E-state index is 0.121. The van der Waals surface area contributed by atoms with E-state index in [1.165, 1.54) is 35.1 Å². The number of carbonyl (C=O) groups is 1. The number of nitrogens with zero attached hydrogens (tertiary/aromatic N) is 1. The summed E-state index contributed by atoms with van der Waals surface area (Å²) in [6, 6.07) is 26.2. The molecule has 200 valence electrons. The standard InChI is InChI=1S/C33H39NO4/c1-36-32(35)27-14-17-30-26(22-27)10-7-11-29(23-8-5-4-6-9-23)31(30)24-12-15-28(16-13-24)34-20-18-25(19-21-34)33(37-2)38-3/h4-6,8-9,12-17,22,25,29,31,33H,7,10-11,18-21H2,1-3H3/t29-,31+/m0/s1. The molecule has 1 aliphatic heterocycles. The third-order valence-electron chi connectivity index (χ3n) is 8.50. The van der Waals surface area contributed by atoms with Crippen LogP contribution in [0.5, 0.6) is 0 Å². The highest BCUT2D eigenvalue weighted by Gasteiger charge is 2.31. The van der Waals surface area contributed by atoms with Gasteiger partial charge in [-0.2, -0.15) is 0 Å². The Morgan fingerprint density at radius 3 is 2.21 bits per heavy atom. The lowest BCUT2D eigenvalue weighted by Gasteiger charge is -2.36. The second kappa shape index (κ2) is 12.1. The van der Waals surface area contributed by atoms with E-state index < -0.39 is 0 Å². The predicted octanol–water partition coefficient (Wildman–Crippen LogP) is 6.56. The van der Waals surface area contributed by atoms with Crippen molar-refractivity contribution in [2.24, 2.45) is 5.92 Å². The molecular weight excluding hydrogens is 474 g/mol. The van der Waals surface area contributed by atoms with Crippen LogP contribution in [-0.2, 0) is 20.6 Å². The van der Waals surface area contributed by atoms with Gasteiger partial charge in [0.15, 0.2) is 6.29 Å². The van der Waals surface area contributed by atoms with Crippen LogP contribution in [0.2, 0.25) is 0 Å². The Balaban J connectivity index is 1.44. The number of aryl methyl sites for hydroxylation is 1. The maximum Gasteiger partial charge on any atom is 0.337 e. The number of benzene rings is 3. The fourth-order valence-electron chi connectivity index (χ4n) is 6.54. The summed E-state index contributed by atoms with van der Waals surface area (Å²) in [7, 11) is 4.90. The highest BCUT2D eigenvalue weighted by Crippen LogP contribution is 2.45. The molecule has 0 saturated carbocycles. The second-order valence-corrected chi connectivity index (χ2v) is 10.5. The summed E-state index contributed by atoms with van der Waals surface area (Å²) in [6.45, 7) is 2.00. The Morgan fingerprint density at radius 1 is 0.842 bits per heavy atom. The highest BCUT2D eigenvalue weighted by molar-refractivity contribution is 5.89. The number of methoxy groups -OCH3 is 3. The maximum atomic E-state index is 12.3. The molecule has 3 aromatic rings. The van der Waals surface area contributed by atoms with E-state index in [2.05, 4.69) is 65.6 Å². The van der Waals surface area contributed by atoms with Gasteiger partial charge in [0.25, 0.3) is 0 Å². The molecule has 5 nitrogen and oxygen atoms in total. The molecule has 1 saturated heterocycles. The van der Waals surface area contributed by atoms with Gasteiger partial charge in [0.05, 0.1) is 12.7 Å². The summed E-state index contributed by atoms with van der Waals surface area (Å²) in [5.74, 6) is 0.766. The number of hydrogen-bond acceptors (Lipinski definition) is 5. The van der Waals surface area contributed by atoms with E-state index in [1.54, 1.807) is 14.2 Å². The normalized spacial score (nSPS) is 20.2. The van der Waals surface area contributed by atoms with E-state index in [1.807, 2.05) is 12.1 Å². The first-order chi connectivity index (χ1) is 18.6. The van der Waals surface area contributed by atoms with Gasteiger partial charge in [-0.3, -0.25) is 0 Å². The molecule has 5 rings (SSSR count). The van der Waals surface area contributed by atoms with Crippen molar-refractivity contribution in [1.82, 2.24) is 0 Å². The average Bonchev–Trinajstić information content (AvgIpc) is 3.17. The minimum atomic E-state index is -0.274. The van der Waals surface area contributed by atoms with Gasteiger partial charge in [-0.25, -0.2) is 4.79 Å². The van der Waals surface area contributed by atoms with Gasteiger partial charge in [-0.1, -0.05) is 48.5 Å². The van der Waals surface area contributed by atoms with Crippen molar-refractivity contribution in [1.29, 1.82) is 0 Å². The predicted molar refractivity (Wildman–Crippen MR) is 151 cm³/mol. The number of fused-ring (bicyclic) bond motifs is 1. The Labute approximate surface area is 226 Å². The number of esters is 1. The van der Waals surface area contributed by atoms with Crippen molar-refractivity contribution in [2.45, 2.75) is 50.2 Å². The molecule has 0 aromatic heterocycles. The summed E-state index contributed by atoms with van der Waals surface area (Å²) >= 11 is 0. The Bertz CT molecular complexity index is 1200. The van der Waals surface area contributed by atoms with Crippen molar-refractivity contribution < 1.29 is 19.0 Å². The molecule has 1 aliphatic carbocycles. The Morgan fingerprint density at radius 2 is 1.55 bits per heavy atom. The van der Waals surface area contributed by atoms with Gasteiger partial charge >= 0.3 is 5.97 Å². The van der Waals surface area contributed by atoms with Crippen LogP contribution in [0.15, 0.2) is 72.8 Å². The molecule has 0 unspecified atom stereocenters. The number of hydrogen-bond donors (Lipinski definition) is 0. The van der Waals surface area contributed by atoms with Crippen LogP contribution in [0.1, 0.15) is 70.1 Å².